The van der Waals surface area contributed by atoms with Gasteiger partial charge in [0.1, 0.15) is 0 Å². The first-order valence-corrected chi connectivity index (χ1v) is 6.40. The molecule has 0 unspecified atom stereocenters. The molecule has 0 heterocycles. The Morgan fingerprint density at radius 1 is 1.29 bits per heavy atom. The highest BCUT2D eigenvalue weighted by Crippen LogP contribution is 2.31. The Balaban J connectivity index is 2.46. The first-order valence-electron chi connectivity index (χ1n) is 5.52. The second-order valence-electron chi connectivity index (χ2n) is 3.96. The van der Waals surface area contributed by atoms with Gasteiger partial charge < -0.3 is 10.2 Å². The molecular weight excluding hydrogens is 242 g/mol. The lowest BCUT2D eigenvalue weighted by molar-refractivity contribution is 0.252. The van der Waals surface area contributed by atoms with E-state index in [4.69, 9.17) is 0 Å². The molecule has 2 nitrogen and oxygen atoms in total. The number of nitrogens with zero attached hydrogens (tertiary/aromatic N) is 1. The Morgan fingerprint density at radius 3 is 2.65 bits per heavy atom. The van der Waals surface area contributed by atoms with Crippen LogP contribution in [0.2, 0.25) is 0 Å². The first-order chi connectivity index (χ1) is 8.09. The molecule has 0 bridgehead atoms. The van der Waals surface area contributed by atoms with Crippen LogP contribution in [0, 0.1) is 0 Å². The van der Waals surface area contributed by atoms with Crippen molar-refractivity contribution in [1.82, 2.24) is 4.90 Å². The average molecular weight is 260 g/mol. The minimum atomic E-state index is -2.38. The number of alkyl halides is 2. The fourth-order valence-electron chi connectivity index (χ4n) is 1.43. The molecule has 1 aromatic rings. The van der Waals surface area contributed by atoms with E-state index in [2.05, 4.69) is 10.2 Å². The maximum atomic E-state index is 12.3. The van der Waals surface area contributed by atoms with E-state index in [9.17, 15) is 8.78 Å². The van der Waals surface area contributed by atoms with Crippen LogP contribution in [0.15, 0.2) is 29.2 Å². The predicted molar refractivity (Wildman–Crippen MR) is 70.0 cm³/mol. The molecule has 0 amide bonds. The van der Waals surface area contributed by atoms with Crippen LogP contribution in [0.1, 0.15) is 6.42 Å². The van der Waals surface area contributed by atoms with Crippen LogP contribution >= 0.6 is 11.8 Å². The molecule has 0 saturated heterocycles. The van der Waals surface area contributed by atoms with Crippen molar-refractivity contribution >= 4 is 17.4 Å². The van der Waals surface area contributed by atoms with Crippen molar-refractivity contribution in [2.45, 2.75) is 17.1 Å². The highest BCUT2D eigenvalue weighted by molar-refractivity contribution is 7.99. The average Bonchev–Trinajstić information content (AvgIpc) is 2.25. The Hall–Kier alpha value is -0.810. The molecule has 5 heteroatoms. The fourth-order valence-corrected chi connectivity index (χ4v) is 2.05. The van der Waals surface area contributed by atoms with Crippen molar-refractivity contribution in [3.05, 3.63) is 24.3 Å². The number of nitrogens with one attached hydrogen (secondary N) is 1. The molecule has 0 aromatic heterocycles. The third kappa shape index (κ3) is 5.89. The Kier molecular flexibility index (Phi) is 6.29. The quantitative estimate of drug-likeness (QED) is 0.598. The summed E-state index contributed by atoms with van der Waals surface area (Å²) in [6, 6.07) is 7.17. The van der Waals surface area contributed by atoms with Gasteiger partial charge in [0.15, 0.2) is 0 Å². The Morgan fingerprint density at radius 2 is 2.00 bits per heavy atom. The molecule has 1 rings (SSSR count). The van der Waals surface area contributed by atoms with Gasteiger partial charge in [0.2, 0.25) is 0 Å². The van der Waals surface area contributed by atoms with Crippen LogP contribution in [0.3, 0.4) is 0 Å². The molecule has 1 aromatic carbocycles. The molecule has 0 radical (unpaired) electrons. The largest absolute Gasteiger partial charge is 0.384 e. The van der Waals surface area contributed by atoms with Gasteiger partial charge in [-0.3, -0.25) is 0 Å². The minimum Gasteiger partial charge on any atom is -0.384 e. The first kappa shape index (κ1) is 14.3. The van der Waals surface area contributed by atoms with E-state index in [0.29, 0.717) is 16.7 Å². The molecule has 96 valence electrons. The van der Waals surface area contributed by atoms with Crippen molar-refractivity contribution in [3.8, 4) is 0 Å². The van der Waals surface area contributed by atoms with E-state index in [1.165, 1.54) is 0 Å². The smallest absolute Gasteiger partial charge is 0.288 e. The zero-order chi connectivity index (χ0) is 12.7. The lowest BCUT2D eigenvalue weighted by Gasteiger charge is -2.13. The number of para-hydroxylation sites is 1. The van der Waals surface area contributed by atoms with E-state index < -0.39 is 5.76 Å². The van der Waals surface area contributed by atoms with Gasteiger partial charge in [-0.2, -0.15) is 8.78 Å². The molecule has 17 heavy (non-hydrogen) atoms. The van der Waals surface area contributed by atoms with Gasteiger partial charge in [-0.15, -0.1) is 0 Å². The van der Waals surface area contributed by atoms with Crippen molar-refractivity contribution < 1.29 is 8.78 Å². The summed E-state index contributed by atoms with van der Waals surface area (Å²) in [5, 5.41) is 3.19. The number of hydrogen-bond acceptors (Lipinski definition) is 3. The number of halogens is 2. The van der Waals surface area contributed by atoms with E-state index in [-0.39, 0.29) is 0 Å². The normalized spacial score (nSPS) is 11.2. The molecule has 0 aliphatic carbocycles. The van der Waals surface area contributed by atoms with Crippen LogP contribution in [0.5, 0.6) is 0 Å². The number of anilines is 1. The monoisotopic (exact) mass is 260 g/mol. The molecule has 0 spiro atoms. The topological polar surface area (TPSA) is 15.3 Å². The fraction of sp³-hybridized carbons (Fsp3) is 0.500. The Bertz CT molecular complexity index is 332. The number of thioether (sulfide) groups is 1. The second kappa shape index (κ2) is 7.50. The second-order valence-corrected chi connectivity index (χ2v) is 4.99. The summed E-state index contributed by atoms with van der Waals surface area (Å²) in [5.74, 6) is -2.38. The van der Waals surface area contributed by atoms with E-state index in [0.717, 1.165) is 25.2 Å². The third-order valence-corrected chi connectivity index (χ3v) is 2.99. The molecule has 1 N–H and O–H groups in total. The summed E-state index contributed by atoms with van der Waals surface area (Å²) in [6.07, 6.45) is 0.987. The summed E-state index contributed by atoms with van der Waals surface area (Å²) in [6.45, 7) is 1.77. The molecule has 0 aliphatic rings. The van der Waals surface area contributed by atoms with Crippen LogP contribution in [-0.4, -0.2) is 37.8 Å². The maximum Gasteiger partial charge on any atom is 0.288 e. The van der Waals surface area contributed by atoms with E-state index in [1.807, 2.05) is 26.2 Å². The molecule has 0 fully saturated rings. The minimum absolute atomic E-state index is 0.583. The summed E-state index contributed by atoms with van der Waals surface area (Å²) in [5.41, 5.74) is 0.788. The van der Waals surface area contributed by atoms with Crippen molar-refractivity contribution in [3.63, 3.8) is 0 Å². The van der Waals surface area contributed by atoms with Gasteiger partial charge in [0, 0.05) is 17.1 Å². The van der Waals surface area contributed by atoms with Crippen molar-refractivity contribution in [2.24, 2.45) is 0 Å². The molecular formula is C12H18F2N2S. The zero-order valence-corrected chi connectivity index (χ0v) is 10.9. The van der Waals surface area contributed by atoms with Gasteiger partial charge in [-0.1, -0.05) is 23.9 Å². The van der Waals surface area contributed by atoms with Crippen LogP contribution in [0.25, 0.3) is 0 Å². The van der Waals surface area contributed by atoms with Gasteiger partial charge in [-0.25, -0.2) is 0 Å². The lowest BCUT2D eigenvalue weighted by Crippen LogP contribution is -2.16. The highest BCUT2D eigenvalue weighted by Gasteiger charge is 2.08. The van der Waals surface area contributed by atoms with Crippen LogP contribution < -0.4 is 5.32 Å². The highest BCUT2D eigenvalue weighted by atomic mass is 32.2. The number of rotatable bonds is 7. The molecule has 0 atom stereocenters. The van der Waals surface area contributed by atoms with Gasteiger partial charge in [-0.05, 0) is 39.2 Å². The van der Waals surface area contributed by atoms with E-state index in [1.54, 1.807) is 12.1 Å². The summed E-state index contributed by atoms with van der Waals surface area (Å²) in [7, 11) is 4.03. The zero-order valence-electron chi connectivity index (χ0n) is 10.1. The van der Waals surface area contributed by atoms with Gasteiger partial charge in [0.25, 0.3) is 5.76 Å². The SMILES string of the molecule is CN(C)CCCNc1ccccc1SC(F)F. The van der Waals surface area contributed by atoms with Crippen LogP contribution in [-0.2, 0) is 0 Å². The predicted octanol–water partition coefficient (Wildman–Crippen LogP) is 3.36. The van der Waals surface area contributed by atoms with Crippen molar-refractivity contribution in [2.75, 3.05) is 32.5 Å². The van der Waals surface area contributed by atoms with Crippen molar-refractivity contribution in [1.29, 1.82) is 0 Å². The molecule has 0 aliphatic heterocycles. The lowest BCUT2D eigenvalue weighted by atomic mass is 10.3. The van der Waals surface area contributed by atoms with Crippen LogP contribution in [0.4, 0.5) is 14.5 Å². The van der Waals surface area contributed by atoms with Gasteiger partial charge >= 0.3 is 0 Å². The third-order valence-electron chi connectivity index (χ3n) is 2.20. The van der Waals surface area contributed by atoms with E-state index >= 15 is 0 Å². The summed E-state index contributed by atoms with van der Waals surface area (Å²) in [4.78, 5) is 2.70. The number of benzene rings is 1. The maximum absolute atomic E-state index is 12.3. The number of hydrogen-bond donors (Lipinski definition) is 1. The molecule has 0 saturated carbocycles. The summed E-state index contributed by atoms with van der Waals surface area (Å²) >= 11 is 0.583. The van der Waals surface area contributed by atoms with Gasteiger partial charge in [0.05, 0.1) is 0 Å². The Labute approximate surface area is 105 Å². The summed E-state index contributed by atoms with van der Waals surface area (Å²) < 4.78 is 24.6. The standard InChI is InChI=1S/C12H18F2N2S/c1-16(2)9-5-8-15-10-6-3-4-7-11(10)17-12(13)14/h3-4,6-7,12,15H,5,8-9H2,1-2H3.